The van der Waals surface area contributed by atoms with Gasteiger partial charge in [-0.1, -0.05) is 11.6 Å². The Morgan fingerprint density at radius 3 is 2.92 bits per heavy atom. The number of rotatable bonds is 6. The predicted octanol–water partition coefficient (Wildman–Crippen LogP) is 2.40. The van der Waals surface area contributed by atoms with Gasteiger partial charge in [0, 0.05) is 18.8 Å². The van der Waals surface area contributed by atoms with Crippen molar-refractivity contribution in [2.45, 2.75) is 38.8 Å². The van der Waals surface area contributed by atoms with E-state index in [1.54, 1.807) is 12.4 Å². The van der Waals surface area contributed by atoms with E-state index < -0.39 is 0 Å². The Morgan fingerprint density at radius 1 is 1.38 bits per heavy atom. The van der Waals surface area contributed by atoms with Gasteiger partial charge in [-0.2, -0.15) is 10.1 Å². The third kappa shape index (κ3) is 3.09. The first-order valence-corrected chi connectivity index (χ1v) is 9.30. The van der Waals surface area contributed by atoms with Crippen LogP contribution in [-0.2, 0) is 11.3 Å². The van der Waals surface area contributed by atoms with Crippen molar-refractivity contribution in [1.29, 1.82) is 0 Å². The van der Waals surface area contributed by atoms with Crippen LogP contribution in [0.3, 0.4) is 0 Å². The molecule has 2 saturated carbocycles. The average Bonchev–Trinajstić information content (AvgIpc) is 3.33. The molecule has 2 aromatic rings. The number of aromatic nitrogens is 4. The van der Waals surface area contributed by atoms with E-state index in [4.69, 9.17) is 17.3 Å². The molecule has 9 heteroatoms. The van der Waals surface area contributed by atoms with Gasteiger partial charge in [0.25, 0.3) is 0 Å². The number of nitrogens with two attached hydrogens (primary N) is 1. The molecule has 0 unspecified atom stereocenters. The van der Waals surface area contributed by atoms with Gasteiger partial charge in [-0.3, -0.25) is 9.48 Å². The number of fused-ring (bicyclic) bond motifs is 2. The van der Waals surface area contributed by atoms with Gasteiger partial charge in [0.1, 0.15) is 5.02 Å². The normalized spacial score (nSPS) is 26.8. The highest BCUT2D eigenvalue weighted by molar-refractivity contribution is 6.32. The molecule has 138 valence electrons. The Hall–Kier alpha value is -2.35. The highest BCUT2D eigenvalue weighted by atomic mass is 35.5. The number of carbonyl (C=O) groups excluding carboxylic acids is 1. The first-order chi connectivity index (χ1) is 12.5. The molecule has 0 radical (unpaired) electrons. The van der Waals surface area contributed by atoms with Crippen LogP contribution in [0.4, 0.5) is 17.5 Å². The molecule has 8 nitrogen and oxygen atoms in total. The summed E-state index contributed by atoms with van der Waals surface area (Å²) in [7, 11) is 0. The van der Waals surface area contributed by atoms with Gasteiger partial charge in [-0.15, -0.1) is 0 Å². The molecular formula is C17H22ClN7O. The van der Waals surface area contributed by atoms with E-state index in [9.17, 15) is 4.79 Å². The van der Waals surface area contributed by atoms with Gasteiger partial charge >= 0.3 is 0 Å². The molecule has 4 atom stereocenters. The van der Waals surface area contributed by atoms with Crippen molar-refractivity contribution in [3.05, 3.63) is 23.6 Å². The van der Waals surface area contributed by atoms with E-state index in [-0.39, 0.29) is 17.9 Å². The Kier molecular flexibility index (Phi) is 4.44. The number of hydrogen-bond acceptors (Lipinski definition) is 6. The zero-order valence-electron chi connectivity index (χ0n) is 14.5. The van der Waals surface area contributed by atoms with Crippen LogP contribution in [0.2, 0.25) is 5.02 Å². The summed E-state index contributed by atoms with van der Waals surface area (Å²) in [5.74, 6) is 1.34. The van der Waals surface area contributed by atoms with Gasteiger partial charge in [-0.25, -0.2) is 4.98 Å². The lowest BCUT2D eigenvalue weighted by Gasteiger charge is -2.30. The van der Waals surface area contributed by atoms with Crippen molar-refractivity contribution < 1.29 is 4.79 Å². The lowest BCUT2D eigenvalue weighted by Crippen LogP contribution is -2.42. The Labute approximate surface area is 156 Å². The zero-order chi connectivity index (χ0) is 18.3. The number of hydrogen-bond donors (Lipinski definition) is 3. The minimum absolute atomic E-state index is 0.0191. The van der Waals surface area contributed by atoms with Gasteiger partial charge < -0.3 is 16.4 Å². The van der Waals surface area contributed by atoms with E-state index >= 15 is 0 Å². The molecule has 2 aliphatic rings. The third-order valence-electron chi connectivity index (χ3n) is 5.51. The fourth-order valence-corrected chi connectivity index (χ4v) is 4.47. The summed E-state index contributed by atoms with van der Waals surface area (Å²) >= 11 is 6.29. The van der Waals surface area contributed by atoms with Crippen molar-refractivity contribution in [1.82, 2.24) is 19.7 Å². The largest absolute Gasteiger partial charge is 0.369 e. The molecule has 0 aromatic carbocycles. The fraction of sp³-hybridized carbons (Fsp3) is 0.529. The fourth-order valence-electron chi connectivity index (χ4n) is 4.33. The smallest absolute Gasteiger partial charge is 0.229 e. The molecular weight excluding hydrogens is 354 g/mol. The zero-order valence-corrected chi connectivity index (χ0v) is 15.3. The van der Waals surface area contributed by atoms with Crippen LogP contribution < -0.4 is 16.4 Å². The topological polar surface area (TPSA) is 111 Å². The van der Waals surface area contributed by atoms with Crippen molar-refractivity contribution in [3.8, 4) is 0 Å². The number of primary amides is 1. The number of carbonyl (C=O) groups is 1. The van der Waals surface area contributed by atoms with Crippen LogP contribution >= 0.6 is 11.6 Å². The van der Waals surface area contributed by atoms with Gasteiger partial charge in [0.15, 0.2) is 5.82 Å². The van der Waals surface area contributed by atoms with Crippen LogP contribution in [0.15, 0.2) is 18.6 Å². The summed E-state index contributed by atoms with van der Waals surface area (Å²) < 4.78 is 1.81. The average molecular weight is 376 g/mol. The summed E-state index contributed by atoms with van der Waals surface area (Å²) in [5.41, 5.74) is 6.45. The molecule has 0 saturated heterocycles. The highest BCUT2D eigenvalue weighted by Crippen LogP contribution is 2.49. The highest BCUT2D eigenvalue weighted by Gasteiger charge is 2.50. The maximum Gasteiger partial charge on any atom is 0.229 e. The first-order valence-electron chi connectivity index (χ1n) is 8.93. The van der Waals surface area contributed by atoms with Crippen molar-refractivity contribution in [2.24, 2.45) is 23.5 Å². The maximum absolute atomic E-state index is 11.9. The SMILES string of the molecule is CCn1cc(Nc2ncc(Cl)c(N[C@H]3[C@@H]4CC[C@@H](C4)[C@H]3C(N)=O)n2)cn1. The van der Waals surface area contributed by atoms with E-state index in [0.717, 1.165) is 31.5 Å². The monoisotopic (exact) mass is 375 g/mol. The number of aryl methyl sites for hydroxylation is 1. The summed E-state index contributed by atoms with van der Waals surface area (Å²) in [6.07, 6.45) is 8.36. The quantitative estimate of drug-likeness (QED) is 0.715. The Balaban J connectivity index is 1.54. The molecule has 2 heterocycles. The van der Waals surface area contributed by atoms with Crippen molar-refractivity contribution in [3.63, 3.8) is 0 Å². The van der Waals surface area contributed by atoms with Gasteiger partial charge in [-0.05, 0) is 38.0 Å². The van der Waals surface area contributed by atoms with Crippen LogP contribution in [0.5, 0.6) is 0 Å². The van der Waals surface area contributed by atoms with Gasteiger partial charge in [0.05, 0.1) is 24.0 Å². The molecule has 0 aliphatic heterocycles. The third-order valence-corrected chi connectivity index (χ3v) is 5.78. The van der Waals surface area contributed by atoms with Crippen LogP contribution in [0.25, 0.3) is 0 Å². The molecule has 0 spiro atoms. The van der Waals surface area contributed by atoms with Crippen LogP contribution in [-0.4, -0.2) is 31.7 Å². The number of nitrogens with one attached hydrogen (secondary N) is 2. The standard InChI is InChI=1S/C17H22ClN7O/c1-2-25-8-11(6-21-25)22-17-20-7-12(18)16(24-17)23-14-10-4-3-9(5-10)13(14)15(19)26/h6-10,13-14H,2-5H2,1H3,(H2,19,26)(H2,20,22,23,24)/t9-,10+,13+,14-/m0/s1. The molecule has 2 bridgehead atoms. The number of amides is 1. The molecule has 2 aliphatic carbocycles. The predicted molar refractivity (Wildman–Crippen MR) is 99.2 cm³/mol. The van der Waals surface area contributed by atoms with Crippen LogP contribution in [0, 0.1) is 17.8 Å². The summed E-state index contributed by atoms with van der Waals surface area (Å²) in [4.78, 5) is 20.6. The molecule has 2 fully saturated rings. The molecule has 26 heavy (non-hydrogen) atoms. The first kappa shape index (κ1) is 17.1. The molecule has 4 N–H and O–H groups in total. The number of anilines is 3. The second-order valence-corrected chi connectivity index (χ2v) is 7.44. The van der Waals surface area contributed by atoms with E-state index in [2.05, 4.69) is 25.7 Å². The summed E-state index contributed by atoms with van der Waals surface area (Å²) in [5, 5.41) is 11.1. The second kappa shape index (κ2) is 6.75. The minimum Gasteiger partial charge on any atom is -0.369 e. The van der Waals surface area contributed by atoms with E-state index in [1.807, 2.05) is 17.8 Å². The second-order valence-electron chi connectivity index (χ2n) is 7.03. The molecule has 1 amide bonds. The van der Waals surface area contributed by atoms with Crippen molar-refractivity contribution >= 4 is 35.0 Å². The van der Waals surface area contributed by atoms with Gasteiger partial charge in [0.2, 0.25) is 11.9 Å². The lowest BCUT2D eigenvalue weighted by atomic mass is 9.84. The Bertz CT molecular complexity index is 823. The molecule has 4 rings (SSSR count). The molecule has 2 aromatic heterocycles. The lowest BCUT2D eigenvalue weighted by molar-refractivity contribution is -0.123. The van der Waals surface area contributed by atoms with E-state index in [1.165, 1.54) is 0 Å². The van der Waals surface area contributed by atoms with Crippen molar-refractivity contribution in [2.75, 3.05) is 10.6 Å². The van der Waals surface area contributed by atoms with E-state index in [0.29, 0.717) is 28.6 Å². The maximum atomic E-state index is 11.9. The Morgan fingerprint density at radius 2 is 2.19 bits per heavy atom. The number of nitrogens with zero attached hydrogens (tertiary/aromatic N) is 4. The number of halogens is 1. The summed E-state index contributed by atoms with van der Waals surface area (Å²) in [6, 6.07) is -0.0191. The minimum atomic E-state index is -0.245. The summed E-state index contributed by atoms with van der Waals surface area (Å²) in [6.45, 7) is 2.80. The van der Waals surface area contributed by atoms with Crippen LogP contribution in [0.1, 0.15) is 26.2 Å².